The van der Waals surface area contributed by atoms with E-state index in [2.05, 4.69) is 5.10 Å². The highest BCUT2D eigenvalue weighted by molar-refractivity contribution is 8.01. The normalized spacial score (nSPS) is 18.5. The average Bonchev–Trinajstić information content (AvgIpc) is 3.49. The van der Waals surface area contributed by atoms with E-state index in [9.17, 15) is 9.59 Å². The van der Waals surface area contributed by atoms with Crippen LogP contribution in [0, 0.1) is 0 Å². The molecule has 1 spiro atoms. The van der Waals surface area contributed by atoms with Crippen LogP contribution in [0.4, 0.5) is 0 Å². The first kappa shape index (κ1) is 20.5. The van der Waals surface area contributed by atoms with Gasteiger partial charge in [0, 0.05) is 31.1 Å². The summed E-state index contributed by atoms with van der Waals surface area (Å²) in [4.78, 5) is 28.1. The summed E-state index contributed by atoms with van der Waals surface area (Å²) in [6.45, 7) is 1.67. The SMILES string of the molecule is Cn1ncc2c(-c3ccc(CN4C(=O)CSC45CCN(C(=O)CCl)CC5)o3)cccc21. The molecule has 0 aliphatic carbocycles. The number of carbonyl (C=O) groups excluding carboxylic acids is 2. The van der Waals surface area contributed by atoms with Crippen molar-refractivity contribution in [3.8, 4) is 11.3 Å². The first-order valence-electron chi connectivity index (χ1n) is 10.3. The summed E-state index contributed by atoms with van der Waals surface area (Å²) in [5.41, 5.74) is 2.03. The minimum Gasteiger partial charge on any atom is -0.459 e. The number of benzene rings is 1. The number of hydrogen-bond donors (Lipinski definition) is 0. The second-order valence-corrected chi connectivity index (χ2v) is 9.61. The van der Waals surface area contributed by atoms with Crippen LogP contribution in [0.5, 0.6) is 0 Å². The first-order chi connectivity index (χ1) is 15.0. The zero-order valence-electron chi connectivity index (χ0n) is 17.2. The second-order valence-electron chi connectivity index (χ2n) is 8.00. The molecule has 2 aliphatic rings. The van der Waals surface area contributed by atoms with E-state index < -0.39 is 0 Å². The summed E-state index contributed by atoms with van der Waals surface area (Å²) in [6, 6.07) is 9.95. The molecule has 0 saturated carbocycles. The van der Waals surface area contributed by atoms with E-state index in [4.69, 9.17) is 16.0 Å². The molecular formula is C22H23ClN4O3S. The monoisotopic (exact) mass is 458 g/mol. The number of aryl methyl sites for hydroxylation is 1. The quantitative estimate of drug-likeness (QED) is 0.560. The number of nitrogens with zero attached hydrogens (tertiary/aromatic N) is 4. The molecule has 2 fully saturated rings. The predicted molar refractivity (Wildman–Crippen MR) is 121 cm³/mol. The molecule has 162 valence electrons. The Hall–Kier alpha value is -2.45. The van der Waals surface area contributed by atoms with Gasteiger partial charge in [-0.25, -0.2) is 0 Å². The van der Waals surface area contributed by atoms with Crippen molar-refractivity contribution >= 4 is 46.1 Å². The molecule has 2 aromatic heterocycles. The molecule has 2 saturated heterocycles. The summed E-state index contributed by atoms with van der Waals surface area (Å²) in [5.74, 6) is 2.06. The number of amides is 2. The molecule has 3 aromatic rings. The number of thioether (sulfide) groups is 1. The molecule has 2 aliphatic heterocycles. The van der Waals surface area contributed by atoms with Gasteiger partial charge in [0.15, 0.2) is 0 Å². The van der Waals surface area contributed by atoms with Crippen LogP contribution in [-0.2, 0) is 23.2 Å². The third kappa shape index (κ3) is 3.51. The van der Waals surface area contributed by atoms with Crippen LogP contribution in [0.3, 0.4) is 0 Å². The zero-order chi connectivity index (χ0) is 21.6. The maximum Gasteiger partial charge on any atom is 0.237 e. The number of fused-ring (bicyclic) bond motifs is 1. The third-order valence-electron chi connectivity index (χ3n) is 6.30. The van der Waals surface area contributed by atoms with E-state index >= 15 is 0 Å². The Balaban J connectivity index is 1.37. The fourth-order valence-corrected chi connectivity index (χ4v) is 6.08. The molecule has 0 bridgehead atoms. The summed E-state index contributed by atoms with van der Waals surface area (Å²) in [7, 11) is 1.92. The van der Waals surface area contributed by atoms with Gasteiger partial charge in [0.2, 0.25) is 11.8 Å². The van der Waals surface area contributed by atoms with E-state index in [1.165, 1.54) is 0 Å². The lowest BCUT2D eigenvalue weighted by atomic mass is 10.0. The lowest BCUT2D eigenvalue weighted by Gasteiger charge is -2.43. The van der Waals surface area contributed by atoms with Gasteiger partial charge >= 0.3 is 0 Å². The van der Waals surface area contributed by atoms with Gasteiger partial charge in [0.25, 0.3) is 0 Å². The fraction of sp³-hybridized carbons (Fsp3) is 0.409. The van der Waals surface area contributed by atoms with Crippen LogP contribution in [-0.4, -0.2) is 61.0 Å². The molecule has 1 aromatic carbocycles. The molecule has 5 rings (SSSR count). The van der Waals surface area contributed by atoms with E-state index in [0.29, 0.717) is 25.4 Å². The Bertz CT molecular complexity index is 1150. The van der Waals surface area contributed by atoms with Crippen molar-refractivity contribution in [1.29, 1.82) is 0 Å². The minimum atomic E-state index is -0.281. The number of likely N-dealkylation sites (tertiary alicyclic amines) is 1. The van der Waals surface area contributed by atoms with E-state index in [1.807, 2.05) is 53.2 Å². The first-order valence-corrected chi connectivity index (χ1v) is 11.8. The number of hydrogen-bond acceptors (Lipinski definition) is 5. The van der Waals surface area contributed by atoms with E-state index in [1.54, 1.807) is 16.7 Å². The van der Waals surface area contributed by atoms with Crippen LogP contribution in [0.2, 0.25) is 0 Å². The van der Waals surface area contributed by atoms with Crippen LogP contribution >= 0.6 is 23.4 Å². The van der Waals surface area contributed by atoms with Crippen molar-refractivity contribution in [3.63, 3.8) is 0 Å². The molecule has 7 nitrogen and oxygen atoms in total. The van der Waals surface area contributed by atoms with Gasteiger partial charge in [0.05, 0.1) is 28.9 Å². The van der Waals surface area contributed by atoms with Gasteiger partial charge < -0.3 is 14.2 Å². The van der Waals surface area contributed by atoms with E-state index in [0.717, 1.165) is 40.8 Å². The Kier molecular flexibility index (Phi) is 5.22. The van der Waals surface area contributed by atoms with Gasteiger partial charge in [-0.05, 0) is 31.0 Å². The predicted octanol–water partition coefficient (Wildman–Crippen LogP) is 3.47. The van der Waals surface area contributed by atoms with Crippen molar-refractivity contribution < 1.29 is 14.0 Å². The molecule has 9 heteroatoms. The van der Waals surface area contributed by atoms with Crippen LogP contribution in [0.15, 0.2) is 40.9 Å². The second kappa shape index (κ2) is 7.91. The molecular weight excluding hydrogens is 436 g/mol. The molecule has 4 heterocycles. The van der Waals surface area contributed by atoms with Gasteiger partial charge in [-0.3, -0.25) is 14.3 Å². The molecule has 0 atom stereocenters. The highest BCUT2D eigenvalue weighted by Gasteiger charge is 2.48. The van der Waals surface area contributed by atoms with Crippen LogP contribution < -0.4 is 0 Å². The summed E-state index contributed by atoms with van der Waals surface area (Å²) < 4.78 is 8.03. The zero-order valence-corrected chi connectivity index (χ0v) is 18.8. The van der Waals surface area contributed by atoms with Crippen LogP contribution in [0.1, 0.15) is 18.6 Å². The van der Waals surface area contributed by atoms with Gasteiger partial charge in [0.1, 0.15) is 17.4 Å². The number of alkyl halides is 1. The fourth-order valence-electron chi connectivity index (χ4n) is 4.57. The van der Waals surface area contributed by atoms with Gasteiger partial charge in [-0.2, -0.15) is 5.10 Å². The number of aromatic nitrogens is 2. The summed E-state index contributed by atoms with van der Waals surface area (Å²) >= 11 is 7.39. The number of rotatable bonds is 4. The van der Waals surface area contributed by atoms with Gasteiger partial charge in [-0.1, -0.05) is 12.1 Å². The molecule has 0 N–H and O–H groups in total. The maximum atomic E-state index is 12.7. The highest BCUT2D eigenvalue weighted by Crippen LogP contribution is 2.45. The Morgan fingerprint density at radius 3 is 2.84 bits per heavy atom. The van der Waals surface area contributed by atoms with Crippen LogP contribution in [0.25, 0.3) is 22.2 Å². The molecule has 0 unspecified atom stereocenters. The Morgan fingerprint density at radius 2 is 2.06 bits per heavy atom. The molecule has 31 heavy (non-hydrogen) atoms. The Labute approximate surface area is 189 Å². The van der Waals surface area contributed by atoms with Crippen molar-refractivity contribution in [2.24, 2.45) is 7.05 Å². The van der Waals surface area contributed by atoms with Gasteiger partial charge in [-0.15, -0.1) is 23.4 Å². The standard InChI is InChI=1S/C22H23ClN4O3S/c1-25-18-4-2-3-16(17(18)12-24-25)19-6-5-15(30-19)13-27-21(29)14-31-22(27)7-9-26(10-8-22)20(28)11-23/h2-6,12H,7-11,13-14H2,1H3. The number of piperidine rings is 1. The Morgan fingerprint density at radius 1 is 1.26 bits per heavy atom. The largest absolute Gasteiger partial charge is 0.459 e. The maximum absolute atomic E-state index is 12.7. The van der Waals surface area contributed by atoms with Crippen molar-refractivity contribution in [3.05, 3.63) is 42.3 Å². The number of carbonyl (C=O) groups is 2. The average molecular weight is 459 g/mol. The molecule has 2 amide bonds. The minimum absolute atomic E-state index is 0.00164. The molecule has 0 radical (unpaired) electrons. The summed E-state index contributed by atoms with van der Waals surface area (Å²) in [6.07, 6.45) is 3.33. The third-order valence-corrected chi connectivity index (χ3v) is 8.09. The number of furan rings is 1. The smallest absolute Gasteiger partial charge is 0.237 e. The summed E-state index contributed by atoms with van der Waals surface area (Å²) in [5, 5.41) is 5.38. The number of halogens is 1. The van der Waals surface area contributed by atoms with Crippen molar-refractivity contribution in [2.75, 3.05) is 24.7 Å². The topological polar surface area (TPSA) is 71.6 Å². The lowest BCUT2D eigenvalue weighted by molar-refractivity contribution is -0.134. The van der Waals surface area contributed by atoms with Crippen molar-refractivity contribution in [2.45, 2.75) is 24.3 Å². The lowest BCUT2D eigenvalue weighted by Crippen LogP contribution is -2.52. The van der Waals surface area contributed by atoms with E-state index in [-0.39, 0.29) is 22.6 Å². The van der Waals surface area contributed by atoms with Crippen molar-refractivity contribution in [1.82, 2.24) is 19.6 Å². The highest BCUT2D eigenvalue weighted by atomic mass is 35.5.